The summed E-state index contributed by atoms with van der Waals surface area (Å²) in [6, 6.07) is 3.83. The lowest BCUT2D eigenvalue weighted by Gasteiger charge is -2.34. The normalized spacial score (nSPS) is 21.2. The number of hydrogen-bond donors (Lipinski definition) is 3. The number of aromatic nitrogens is 1. The lowest BCUT2D eigenvalue weighted by molar-refractivity contribution is -0.153. The summed E-state index contributed by atoms with van der Waals surface area (Å²) in [5.74, 6) is 0.864. The number of carbonyl (C=O) groups excluding carboxylic acids is 2. The van der Waals surface area contributed by atoms with Crippen molar-refractivity contribution in [3.05, 3.63) is 23.9 Å². The first-order chi connectivity index (χ1) is 14.3. The second kappa shape index (κ2) is 12.8. The smallest absolute Gasteiger partial charge is 0.309 e. The Hall–Kier alpha value is -2.06. The Labute approximate surface area is 202 Å². The highest BCUT2D eigenvalue weighted by Crippen LogP contribution is 2.27. The first-order valence-electron chi connectivity index (χ1n) is 10.9. The summed E-state index contributed by atoms with van der Waals surface area (Å²) in [4.78, 5) is 31.3. The number of hydrogen-bond acceptors (Lipinski definition) is 6. The van der Waals surface area contributed by atoms with Gasteiger partial charge in [-0.3, -0.25) is 15.0 Å². The maximum atomic E-state index is 12.7. The third-order valence-corrected chi connectivity index (χ3v) is 6.01. The number of halogens is 2. The fourth-order valence-electron chi connectivity index (χ4n) is 4.22. The second-order valence-electron chi connectivity index (χ2n) is 8.62. The number of amides is 1. The number of anilines is 1. The number of nitrogens with two attached hydrogens (primary N) is 1. The molecule has 1 aliphatic carbocycles. The van der Waals surface area contributed by atoms with E-state index in [1.165, 1.54) is 0 Å². The number of pyridine rings is 1. The summed E-state index contributed by atoms with van der Waals surface area (Å²) < 4.78 is 5.31. The molecule has 1 aromatic rings. The van der Waals surface area contributed by atoms with E-state index >= 15 is 0 Å². The molecule has 2 heterocycles. The molecule has 2 aliphatic rings. The van der Waals surface area contributed by atoms with Crippen molar-refractivity contribution in [2.24, 2.45) is 17.6 Å². The van der Waals surface area contributed by atoms with Crippen LogP contribution in [0.2, 0.25) is 0 Å². The van der Waals surface area contributed by atoms with E-state index in [1.807, 2.05) is 19.9 Å². The number of nitrogens with zero attached hydrogens (tertiary/aromatic N) is 2. The minimum absolute atomic E-state index is 0. The van der Waals surface area contributed by atoms with Crippen molar-refractivity contribution in [1.82, 2.24) is 10.3 Å². The highest BCUT2D eigenvalue weighted by molar-refractivity contribution is 5.94. The number of nitrogens with one attached hydrogen (secondary N) is 2. The average molecular weight is 488 g/mol. The van der Waals surface area contributed by atoms with E-state index in [0.29, 0.717) is 5.56 Å². The molecular formula is C22H35Cl2N5O3. The van der Waals surface area contributed by atoms with Gasteiger partial charge in [0, 0.05) is 36.8 Å². The van der Waals surface area contributed by atoms with Gasteiger partial charge in [0.1, 0.15) is 11.7 Å². The predicted octanol–water partition coefficient (Wildman–Crippen LogP) is 3.05. The van der Waals surface area contributed by atoms with Crippen LogP contribution in [0.3, 0.4) is 0 Å². The van der Waals surface area contributed by atoms with Crippen LogP contribution < -0.4 is 16.0 Å². The van der Waals surface area contributed by atoms with Gasteiger partial charge in [-0.05, 0) is 64.5 Å². The van der Waals surface area contributed by atoms with Crippen LogP contribution in [0.15, 0.2) is 18.3 Å². The van der Waals surface area contributed by atoms with Gasteiger partial charge in [0.25, 0.3) is 0 Å². The van der Waals surface area contributed by atoms with E-state index in [1.54, 1.807) is 12.3 Å². The zero-order valence-corrected chi connectivity index (χ0v) is 20.3. The molecule has 1 saturated carbocycles. The van der Waals surface area contributed by atoms with E-state index in [9.17, 15) is 9.59 Å². The molecule has 180 valence electrons. The van der Waals surface area contributed by atoms with Gasteiger partial charge in [0.05, 0.1) is 12.0 Å². The molecule has 10 heteroatoms. The molecule has 0 unspecified atom stereocenters. The molecule has 1 amide bonds. The Morgan fingerprint density at radius 1 is 1.09 bits per heavy atom. The second-order valence-corrected chi connectivity index (χ2v) is 8.62. The molecule has 3 rings (SSSR count). The first kappa shape index (κ1) is 28.0. The molecule has 0 spiro atoms. The van der Waals surface area contributed by atoms with Crippen LogP contribution in [0.25, 0.3) is 0 Å². The van der Waals surface area contributed by atoms with Gasteiger partial charge in [-0.1, -0.05) is 0 Å². The third-order valence-electron chi connectivity index (χ3n) is 6.01. The van der Waals surface area contributed by atoms with Gasteiger partial charge in [0.15, 0.2) is 0 Å². The van der Waals surface area contributed by atoms with Crippen LogP contribution in [0, 0.1) is 17.2 Å². The maximum absolute atomic E-state index is 12.7. The monoisotopic (exact) mass is 487 g/mol. The van der Waals surface area contributed by atoms with Crippen LogP contribution in [-0.4, -0.2) is 47.9 Å². The molecular weight excluding hydrogens is 453 g/mol. The molecule has 4 N–H and O–H groups in total. The largest absolute Gasteiger partial charge is 0.463 e. The molecule has 1 saturated heterocycles. The lowest BCUT2D eigenvalue weighted by atomic mass is 9.85. The van der Waals surface area contributed by atoms with Gasteiger partial charge in [-0.2, -0.15) is 0 Å². The first-order valence-corrected chi connectivity index (χ1v) is 10.9. The van der Waals surface area contributed by atoms with Crippen LogP contribution in [0.1, 0.15) is 57.9 Å². The number of ether oxygens (including phenoxy) is 1. The van der Waals surface area contributed by atoms with Gasteiger partial charge < -0.3 is 20.7 Å². The Morgan fingerprint density at radius 2 is 1.72 bits per heavy atom. The average Bonchev–Trinajstić information content (AvgIpc) is 2.74. The van der Waals surface area contributed by atoms with E-state index in [0.717, 1.165) is 57.4 Å². The third kappa shape index (κ3) is 7.52. The number of amidine groups is 1. The van der Waals surface area contributed by atoms with Crippen molar-refractivity contribution < 1.29 is 14.3 Å². The standard InChI is InChI=1S/C22H33N5O3.2ClH/c1-14(2)30-22(29)16-3-6-18(7-4-16)26-21(28)15-9-11-27(12-10-15)19-8-5-17(13-25-19)20(23)24;;/h5,8,13-16,18H,3-4,6-7,9-12H2,1-2H3,(H3,23,24)(H,26,28);2*1H/t16-,18-;;. The van der Waals surface area contributed by atoms with Crippen molar-refractivity contribution in [3.63, 3.8) is 0 Å². The van der Waals surface area contributed by atoms with Gasteiger partial charge in [0.2, 0.25) is 5.91 Å². The van der Waals surface area contributed by atoms with E-state index < -0.39 is 0 Å². The Morgan fingerprint density at radius 3 is 2.22 bits per heavy atom. The van der Waals surface area contributed by atoms with Gasteiger partial charge in [-0.25, -0.2) is 4.98 Å². The van der Waals surface area contributed by atoms with Crippen molar-refractivity contribution in [1.29, 1.82) is 5.41 Å². The van der Waals surface area contributed by atoms with Crippen molar-refractivity contribution in [2.45, 2.75) is 64.5 Å². The number of rotatable bonds is 6. The molecule has 0 radical (unpaired) electrons. The molecule has 0 aromatic carbocycles. The molecule has 1 aromatic heterocycles. The van der Waals surface area contributed by atoms with Crippen molar-refractivity contribution in [2.75, 3.05) is 18.0 Å². The molecule has 0 bridgehead atoms. The fourth-order valence-corrected chi connectivity index (χ4v) is 4.22. The van der Waals surface area contributed by atoms with Gasteiger partial charge in [-0.15, -0.1) is 24.8 Å². The lowest BCUT2D eigenvalue weighted by Crippen LogP contribution is -2.45. The molecule has 1 aliphatic heterocycles. The minimum atomic E-state index is -0.105. The van der Waals surface area contributed by atoms with E-state index in [4.69, 9.17) is 15.9 Å². The highest BCUT2D eigenvalue weighted by atomic mass is 35.5. The predicted molar refractivity (Wildman–Crippen MR) is 130 cm³/mol. The SMILES string of the molecule is CC(C)OC(=O)[C@H]1CC[C@H](NC(=O)C2CCN(c3ccc(C(=N)N)cn3)CC2)CC1.Cl.Cl. The summed E-state index contributed by atoms with van der Waals surface area (Å²) in [5, 5.41) is 10.6. The van der Waals surface area contributed by atoms with Crippen LogP contribution >= 0.6 is 24.8 Å². The fraction of sp³-hybridized carbons (Fsp3) is 0.636. The maximum Gasteiger partial charge on any atom is 0.309 e. The summed E-state index contributed by atoms with van der Waals surface area (Å²) in [7, 11) is 0. The minimum Gasteiger partial charge on any atom is -0.463 e. The van der Waals surface area contributed by atoms with Crippen LogP contribution in [0.4, 0.5) is 5.82 Å². The number of esters is 1. The summed E-state index contributed by atoms with van der Waals surface area (Å²) in [6.45, 7) is 5.29. The van der Waals surface area contributed by atoms with Gasteiger partial charge >= 0.3 is 5.97 Å². The van der Waals surface area contributed by atoms with Crippen LogP contribution in [0.5, 0.6) is 0 Å². The number of piperidine rings is 1. The Bertz CT molecular complexity index is 759. The summed E-state index contributed by atoms with van der Waals surface area (Å²) >= 11 is 0. The molecule has 2 fully saturated rings. The molecule has 32 heavy (non-hydrogen) atoms. The zero-order chi connectivity index (χ0) is 21.7. The Kier molecular flexibility index (Phi) is 11.2. The quantitative estimate of drug-likeness (QED) is 0.322. The zero-order valence-electron chi connectivity index (χ0n) is 18.7. The van der Waals surface area contributed by atoms with E-state index in [2.05, 4.69) is 15.2 Å². The summed E-state index contributed by atoms with van der Waals surface area (Å²) in [5.41, 5.74) is 6.09. The van der Waals surface area contributed by atoms with E-state index in [-0.39, 0.29) is 66.5 Å². The highest BCUT2D eigenvalue weighted by Gasteiger charge is 2.31. The molecule has 8 nitrogen and oxygen atoms in total. The van der Waals surface area contributed by atoms with Crippen LogP contribution in [-0.2, 0) is 14.3 Å². The number of nitrogen functional groups attached to an aromatic ring is 1. The Balaban J connectivity index is 0.00000256. The summed E-state index contributed by atoms with van der Waals surface area (Å²) in [6.07, 6.45) is 6.32. The van der Waals surface area contributed by atoms with Crippen molar-refractivity contribution in [3.8, 4) is 0 Å². The molecule has 0 atom stereocenters. The number of carbonyl (C=O) groups is 2. The topological polar surface area (TPSA) is 121 Å². The van der Waals surface area contributed by atoms with Crippen molar-refractivity contribution >= 4 is 48.3 Å².